The number of benzene rings is 1. The maximum atomic E-state index is 4.62. The summed E-state index contributed by atoms with van der Waals surface area (Å²) in [7, 11) is 0. The van der Waals surface area contributed by atoms with Gasteiger partial charge in [0.2, 0.25) is 0 Å². The van der Waals surface area contributed by atoms with Crippen LogP contribution in [0.25, 0.3) is 0 Å². The number of rotatable bonds is 3. The number of thiocarbonyl (C=S) groups is 1. The summed E-state index contributed by atoms with van der Waals surface area (Å²) in [6, 6.07) is 10.5. The van der Waals surface area contributed by atoms with Crippen molar-refractivity contribution in [1.82, 2.24) is 4.98 Å². The fraction of sp³-hybridized carbons (Fsp3) is 0.167. The average molecular weight is 265 g/mol. The molecule has 3 nitrogen and oxygen atoms in total. The second kappa shape index (κ2) is 7.76. The number of hydrogen-bond acceptors (Lipinski definition) is 3. The van der Waals surface area contributed by atoms with E-state index in [2.05, 4.69) is 52.9 Å². The Kier molecular flexibility index (Phi) is 6.21. The summed E-state index contributed by atoms with van der Waals surface area (Å²) in [5, 5.41) is 3.25. The predicted molar refractivity (Wildman–Crippen MR) is 76.9 cm³/mol. The van der Waals surface area contributed by atoms with E-state index in [9.17, 15) is 0 Å². The highest BCUT2D eigenvalue weighted by molar-refractivity contribution is 7.80. The molecule has 17 heavy (non-hydrogen) atoms. The Morgan fingerprint density at radius 1 is 1.18 bits per heavy atom. The molecule has 0 radical (unpaired) electrons. The van der Waals surface area contributed by atoms with Gasteiger partial charge < -0.3 is 11.5 Å². The summed E-state index contributed by atoms with van der Waals surface area (Å²) in [5.41, 5.74) is 10.6. The summed E-state index contributed by atoms with van der Waals surface area (Å²) >= 11 is 5.82. The Morgan fingerprint density at radius 2 is 1.82 bits per heavy atom. The summed E-state index contributed by atoms with van der Waals surface area (Å²) < 4.78 is 0. The number of thiazole rings is 1. The molecule has 0 saturated heterocycles. The molecule has 90 valence electrons. The second-order valence-electron chi connectivity index (χ2n) is 3.31. The van der Waals surface area contributed by atoms with Crippen LogP contribution in [-0.2, 0) is 12.8 Å². The third-order valence-electron chi connectivity index (χ3n) is 1.95. The molecule has 0 fully saturated rings. The van der Waals surface area contributed by atoms with E-state index < -0.39 is 0 Å². The van der Waals surface area contributed by atoms with Crippen LogP contribution >= 0.6 is 23.6 Å². The van der Waals surface area contributed by atoms with Gasteiger partial charge in [-0.3, -0.25) is 0 Å². The predicted octanol–water partition coefficient (Wildman–Crippen LogP) is 2.12. The van der Waals surface area contributed by atoms with Gasteiger partial charge in [0.15, 0.2) is 5.11 Å². The second-order valence-corrected chi connectivity index (χ2v) is 4.76. The van der Waals surface area contributed by atoms with E-state index in [0.717, 1.165) is 12.8 Å². The van der Waals surface area contributed by atoms with Crippen molar-refractivity contribution in [2.45, 2.75) is 12.8 Å². The zero-order valence-corrected chi connectivity index (χ0v) is 11.0. The van der Waals surface area contributed by atoms with Crippen molar-refractivity contribution in [2.75, 3.05) is 0 Å². The van der Waals surface area contributed by atoms with E-state index in [4.69, 9.17) is 0 Å². The molecule has 0 aliphatic carbocycles. The van der Waals surface area contributed by atoms with Crippen LogP contribution in [0.2, 0.25) is 0 Å². The minimum absolute atomic E-state index is 0.000000000000000222. The van der Waals surface area contributed by atoms with E-state index in [-0.39, 0.29) is 5.11 Å². The molecule has 0 saturated carbocycles. The molecule has 0 unspecified atom stereocenters. The zero-order valence-electron chi connectivity index (χ0n) is 9.37. The van der Waals surface area contributed by atoms with Gasteiger partial charge in [0.05, 0.1) is 5.01 Å². The highest BCUT2D eigenvalue weighted by atomic mass is 32.1. The minimum Gasteiger partial charge on any atom is -0.377 e. The molecule has 1 aromatic carbocycles. The zero-order chi connectivity index (χ0) is 12.5. The first kappa shape index (κ1) is 13.6. The largest absolute Gasteiger partial charge is 0.377 e. The van der Waals surface area contributed by atoms with Crippen molar-refractivity contribution < 1.29 is 0 Å². The van der Waals surface area contributed by atoms with Crippen LogP contribution in [0.15, 0.2) is 41.9 Å². The van der Waals surface area contributed by atoms with Crippen LogP contribution < -0.4 is 11.5 Å². The molecule has 0 bridgehead atoms. The molecule has 0 aliphatic heterocycles. The fourth-order valence-electron chi connectivity index (χ4n) is 1.27. The quantitative estimate of drug-likeness (QED) is 0.834. The molecule has 0 spiro atoms. The van der Waals surface area contributed by atoms with E-state index in [1.807, 2.05) is 17.6 Å². The van der Waals surface area contributed by atoms with Gasteiger partial charge >= 0.3 is 0 Å². The van der Waals surface area contributed by atoms with Gasteiger partial charge in [-0.05, 0) is 24.2 Å². The van der Waals surface area contributed by atoms with Crippen LogP contribution in [-0.4, -0.2) is 10.1 Å². The van der Waals surface area contributed by atoms with Gasteiger partial charge in [0.25, 0.3) is 0 Å². The molecule has 5 heteroatoms. The summed E-state index contributed by atoms with van der Waals surface area (Å²) in [6.07, 6.45) is 4.01. The molecule has 0 atom stereocenters. The van der Waals surface area contributed by atoms with E-state index in [0.29, 0.717) is 0 Å². The van der Waals surface area contributed by atoms with Gasteiger partial charge in [0, 0.05) is 18.0 Å². The van der Waals surface area contributed by atoms with Crippen molar-refractivity contribution in [3.8, 4) is 0 Å². The molecular formula is C12H15N3S2. The van der Waals surface area contributed by atoms with Gasteiger partial charge in [-0.2, -0.15) is 0 Å². The molecule has 4 N–H and O–H groups in total. The Bertz CT molecular complexity index is 422. The first-order valence-electron chi connectivity index (χ1n) is 5.15. The van der Waals surface area contributed by atoms with Crippen molar-refractivity contribution in [3.63, 3.8) is 0 Å². The van der Waals surface area contributed by atoms with Crippen LogP contribution in [0.5, 0.6) is 0 Å². The first-order chi connectivity index (χ1) is 8.18. The third kappa shape index (κ3) is 6.65. The number of nitrogens with zero attached hydrogens (tertiary/aromatic N) is 1. The number of hydrogen-bond donors (Lipinski definition) is 2. The van der Waals surface area contributed by atoms with Gasteiger partial charge in [0.1, 0.15) is 0 Å². The maximum absolute atomic E-state index is 4.62. The van der Waals surface area contributed by atoms with Crippen LogP contribution in [0.1, 0.15) is 10.6 Å². The van der Waals surface area contributed by atoms with Crippen LogP contribution in [0.4, 0.5) is 0 Å². The van der Waals surface area contributed by atoms with E-state index in [1.165, 1.54) is 10.6 Å². The lowest BCUT2D eigenvalue weighted by Crippen LogP contribution is -2.18. The fourth-order valence-corrected chi connectivity index (χ4v) is 1.89. The summed E-state index contributed by atoms with van der Waals surface area (Å²) in [4.78, 5) is 4.25. The third-order valence-corrected chi connectivity index (χ3v) is 2.79. The molecule has 1 heterocycles. The summed E-state index contributed by atoms with van der Waals surface area (Å²) in [5.74, 6) is 0. The van der Waals surface area contributed by atoms with Crippen LogP contribution in [0.3, 0.4) is 0 Å². The van der Waals surface area contributed by atoms with Gasteiger partial charge in [-0.15, -0.1) is 11.3 Å². The Hall–Kier alpha value is -1.46. The molecule has 1 aromatic heterocycles. The van der Waals surface area contributed by atoms with Crippen molar-refractivity contribution in [3.05, 3.63) is 52.5 Å². The molecule has 2 rings (SSSR count). The molecular weight excluding hydrogens is 250 g/mol. The molecule has 0 amide bonds. The molecule has 0 aliphatic rings. The smallest absolute Gasteiger partial charge is 0.160 e. The highest BCUT2D eigenvalue weighted by Gasteiger charge is 1.96. The normalized spacial score (nSPS) is 9.18. The van der Waals surface area contributed by atoms with E-state index in [1.54, 1.807) is 11.3 Å². The lowest BCUT2D eigenvalue weighted by molar-refractivity contribution is 0.944. The first-order valence-corrected chi connectivity index (χ1v) is 6.44. The topological polar surface area (TPSA) is 64.9 Å². The summed E-state index contributed by atoms with van der Waals surface area (Å²) in [6.45, 7) is 0. The number of aromatic nitrogens is 1. The van der Waals surface area contributed by atoms with Crippen LogP contribution in [0, 0.1) is 0 Å². The lowest BCUT2D eigenvalue weighted by atomic mass is 10.1. The number of aryl methyl sites for hydroxylation is 2. The van der Waals surface area contributed by atoms with Crippen molar-refractivity contribution in [2.24, 2.45) is 11.5 Å². The Labute approximate surface area is 110 Å². The van der Waals surface area contributed by atoms with Gasteiger partial charge in [-0.25, -0.2) is 4.98 Å². The highest BCUT2D eigenvalue weighted by Crippen LogP contribution is 2.09. The lowest BCUT2D eigenvalue weighted by Gasteiger charge is -1.97. The van der Waals surface area contributed by atoms with Crippen molar-refractivity contribution in [1.29, 1.82) is 0 Å². The van der Waals surface area contributed by atoms with E-state index >= 15 is 0 Å². The SMILES string of the molecule is NC(N)=S.c1ccc(CCc2nccs2)cc1. The average Bonchev–Trinajstić information content (AvgIpc) is 2.80. The minimum atomic E-state index is 0.000000000000000222. The Morgan fingerprint density at radius 3 is 2.35 bits per heavy atom. The standard InChI is InChI=1S/C11H11NS.CH4N2S/c1-2-4-10(5-3-1)6-7-11-12-8-9-13-11;2-1(3)4/h1-5,8-9H,6-7H2;(H4,2,3,4). The van der Waals surface area contributed by atoms with Crippen molar-refractivity contribution >= 4 is 28.7 Å². The monoisotopic (exact) mass is 265 g/mol. The van der Waals surface area contributed by atoms with Gasteiger partial charge in [-0.1, -0.05) is 30.3 Å². The Balaban J connectivity index is 0.000000317. The molecule has 2 aromatic rings. The maximum Gasteiger partial charge on any atom is 0.160 e. The number of nitrogens with two attached hydrogens (primary N) is 2.